The molecular formula is C25H18ClI2NO4. The Labute approximate surface area is 224 Å². The van der Waals surface area contributed by atoms with Crippen molar-refractivity contribution in [3.8, 4) is 11.5 Å². The molecule has 1 aliphatic rings. The van der Waals surface area contributed by atoms with Crippen LogP contribution in [0.2, 0.25) is 5.02 Å². The van der Waals surface area contributed by atoms with Crippen molar-refractivity contribution >= 4 is 74.7 Å². The molecular weight excluding hydrogens is 668 g/mol. The van der Waals surface area contributed by atoms with Gasteiger partial charge in [-0.15, -0.1) is 0 Å². The van der Waals surface area contributed by atoms with Crippen molar-refractivity contribution in [2.75, 3.05) is 7.11 Å². The summed E-state index contributed by atoms with van der Waals surface area (Å²) in [4.78, 5) is 16.8. The Morgan fingerprint density at radius 2 is 1.85 bits per heavy atom. The predicted molar refractivity (Wildman–Crippen MR) is 146 cm³/mol. The summed E-state index contributed by atoms with van der Waals surface area (Å²) in [5, 5.41) is 0.467. The van der Waals surface area contributed by atoms with Crippen molar-refractivity contribution in [2.45, 2.75) is 13.5 Å². The maximum Gasteiger partial charge on any atom is 0.363 e. The molecule has 3 aromatic rings. The number of esters is 1. The topological polar surface area (TPSA) is 57.1 Å². The highest BCUT2D eigenvalue weighted by atomic mass is 127. The van der Waals surface area contributed by atoms with Crippen LogP contribution in [0, 0.1) is 14.1 Å². The number of aliphatic imine (C=N–C) groups is 1. The fraction of sp³-hybridized carbons (Fsp3) is 0.120. The van der Waals surface area contributed by atoms with E-state index in [1.54, 1.807) is 25.3 Å². The van der Waals surface area contributed by atoms with Gasteiger partial charge in [0.2, 0.25) is 5.90 Å². The number of nitrogens with zero attached hydrogens (tertiary/aromatic N) is 1. The molecule has 0 atom stereocenters. The van der Waals surface area contributed by atoms with Gasteiger partial charge in [-0.25, -0.2) is 9.79 Å². The maximum atomic E-state index is 12.4. The van der Waals surface area contributed by atoms with Crippen molar-refractivity contribution < 1.29 is 19.0 Å². The number of ether oxygens (including phenoxy) is 3. The zero-order valence-electron chi connectivity index (χ0n) is 17.7. The molecule has 0 fully saturated rings. The van der Waals surface area contributed by atoms with Gasteiger partial charge in [-0.2, -0.15) is 0 Å². The molecule has 1 aliphatic heterocycles. The van der Waals surface area contributed by atoms with Gasteiger partial charge in [0.25, 0.3) is 0 Å². The summed E-state index contributed by atoms with van der Waals surface area (Å²) in [6.45, 7) is 2.47. The highest BCUT2D eigenvalue weighted by Gasteiger charge is 2.26. The first kappa shape index (κ1) is 24.0. The first-order valence-corrected chi connectivity index (χ1v) is 12.4. The van der Waals surface area contributed by atoms with Gasteiger partial charge in [0, 0.05) is 3.57 Å². The molecule has 0 unspecified atom stereocenters. The molecule has 0 spiro atoms. The zero-order chi connectivity index (χ0) is 23.5. The van der Waals surface area contributed by atoms with Crippen molar-refractivity contribution in [3.05, 3.63) is 94.7 Å². The molecule has 8 heteroatoms. The van der Waals surface area contributed by atoms with Crippen LogP contribution in [0.4, 0.5) is 0 Å². The third-order valence-electron chi connectivity index (χ3n) is 4.84. The average Bonchev–Trinajstić information content (AvgIpc) is 3.15. The molecule has 0 aromatic heterocycles. The van der Waals surface area contributed by atoms with Gasteiger partial charge in [-0.3, -0.25) is 0 Å². The number of cyclic esters (lactones) is 1. The van der Waals surface area contributed by atoms with Crippen LogP contribution in [0.15, 0.2) is 65.3 Å². The normalized spacial score (nSPS) is 14.3. The number of carbonyl (C=O) groups is 1. The number of methoxy groups -OCH3 is 1. The molecule has 33 heavy (non-hydrogen) atoms. The second-order valence-electron chi connectivity index (χ2n) is 7.27. The van der Waals surface area contributed by atoms with Crippen molar-refractivity contribution in [2.24, 2.45) is 4.99 Å². The van der Waals surface area contributed by atoms with Gasteiger partial charge in [0.05, 0.1) is 21.3 Å². The quantitative estimate of drug-likeness (QED) is 0.163. The first-order valence-electron chi connectivity index (χ1n) is 9.88. The molecule has 168 valence electrons. The molecule has 0 aliphatic carbocycles. The van der Waals surface area contributed by atoms with Crippen LogP contribution >= 0.6 is 56.8 Å². The second kappa shape index (κ2) is 10.4. The Morgan fingerprint density at radius 3 is 2.58 bits per heavy atom. The van der Waals surface area contributed by atoms with E-state index in [0.717, 1.165) is 18.3 Å². The fourth-order valence-corrected chi connectivity index (χ4v) is 4.62. The van der Waals surface area contributed by atoms with E-state index < -0.39 is 5.97 Å². The molecule has 5 nitrogen and oxygen atoms in total. The van der Waals surface area contributed by atoms with E-state index in [9.17, 15) is 4.79 Å². The van der Waals surface area contributed by atoms with Gasteiger partial charge >= 0.3 is 5.97 Å². The van der Waals surface area contributed by atoms with Gasteiger partial charge in [-0.1, -0.05) is 41.4 Å². The smallest absolute Gasteiger partial charge is 0.363 e. The summed E-state index contributed by atoms with van der Waals surface area (Å²) in [7, 11) is 1.58. The highest BCUT2D eigenvalue weighted by Crippen LogP contribution is 2.36. The second-order valence-corrected chi connectivity index (χ2v) is 10.1. The molecule has 3 aromatic carbocycles. The van der Waals surface area contributed by atoms with E-state index in [0.29, 0.717) is 28.7 Å². The first-order chi connectivity index (χ1) is 15.8. The summed E-state index contributed by atoms with van der Waals surface area (Å²) in [6, 6.07) is 17.3. The van der Waals surface area contributed by atoms with E-state index in [1.165, 1.54) is 5.56 Å². The summed E-state index contributed by atoms with van der Waals surface area (Å²) in [5.74, 6) is 0.866. The molecule has 0 radical (unpaired) electrons. The summed E-state index contributed by atoms with van der Waals surface area (Å²) < 4.78 is 18.8. The minimum Gasteiger partial charge on any atom is -0.493 e. The monoisotopic (exact) mass is 685 g/mol. The number of carbonyl (C=O) groups excluding carboxylic acids is 1. The van der Waals surface area contributed by atoms with Crippen LogP contribution in [-0.4, -0.2) is 19.0 Å². The van der Waals surface area contributed by atoms with Gasteiger partial charge in [0.1, 0.15) is 6.61 Å². The van der Waals surface area contributed by atoms with Crippen molar-refractivity contribution in [1.29, 1.82) is 0 Å². The third kappa shape index (κ3) is 5.70. The lowest BCUT2D eigenvalue weighted by Crippen LogP contribution is -2.06. The number of hydrogen-bond acceptors (Lipinski definition) is 5. The standard InChI is InChI=1S/C25H18ClI2NO4/c1-14-3-5-15(6-4-14)13-32-23-20(28)9-16(11-22(23)31-2)10-21-25(30)33-24(29-21)18-12-17(27)7-8-19(18)26/h3-12H,13H2,1-2H3/b21-10-. The van der Waals surface area contributed by atoms with E-state index in [2.05, 4.69) is 62.3 Å². The van der Waals surface area contributed by atoms with Crippen LogP contribution in [0.5, 0.6) is 11.5 Å². The minimum atomic E-state index is -0.534. The molecule has 0 N–H and O–H groups in total. The van der Waals surface area contributed by atoms with Gasteiger partial charge in [-0.05, 0) is 99.6 Å². The Kier molecular flexibility index (Phi) is 7.60. The highest BCUT2D eigenvalue weighted by molar-refractivity contribution is 14.1. The molecule has 1 heterocycles. The number of hydrogen-bond donors (Lipinski definition) is 0. The lowest BCUT2D eigenvalue weighted by atomic mass is 10.1. The molecule has 4 rings (SSSR count). The largest absolute Gasteiger partial charge is 0.493 e. The lowest BCUT2D eigenvalue weighted by molar-refractivity contribution is -0.129. The van der Waals surface area contributed by atoms with E-state index in [-0.39, 0.29) is 11.6 Å². The van der Waals surface area contributed by atoms with Crippen molar-refractivity contribution in [3.63, 3.8) is 0 Å². The van der Waals surface area contributed by atoms with Crippen LogP contribution in [0.1, 0.15) is 22.3 Å². The van der Waals surface area contributed by atoms with Gasteiger partial charge in [0.15, 0.2) is 17.2 Å². The molecule has 0 amide bonds. The van der Waals surface area contributed by atoms with Crippen LogP contribution in [0.3, 0.4) is 0 Å². The third-order valence-corrected chi connectivity index (χ3v) is 6.64. The summed E-state index contributed by atoms with van der Waals surface area (Å²) in [5.41, 5.74) is 3.77. The fourth-order valence-electron chi connectivity index (χ4n) is 3.15. The summed E-state index contributed by atoms with van der Waals surface area (Å²) in [6.07, 6.45) is 1.66. The molecule has 0 saturated carbocycles. The summed E-state index contributed by atoms with van der Waals surface area (Å²) >= 11 is 10.6. The van der Waals surface area contributed by atoms with Crippen molar-refractivity contribution in [1.82, 2.24) is 0 Å². The van der Waals surface area contributed by atoms with E-state index >= 15 is 0 Å². The number of rotatable bonds is 6. The number of halogens is 3. The van der Waals surface area contributed by atoms with Gasteiger partial charge < -0.3 is 14.2 Å². The van der Waals surface area contributed by atoms with Crippen LogP contribution in [-0.2, 0) is 16.1 Å². The predicted octanol–water partition coefficient (Wildman–Crippen LogP) is 6.79. The zero-order valence-corrected chi connectivity index (χ0v) is 22.8. The number of benzene rings is 3. The minimum absolute atomic E-state index is 0.186. The van der Waals surface area contributed by atoms with Crippen LogP contribution in [0.25, 0.3) is 6.08 Å². The number of aryl methyl sites for hydroxylation is 1. The Bertz CT molecular complexity index is 1290. The van der Waals surface area contributed by atoms with Crippen LogP contribution < -0.4 is 9.47 Å². The van der Waals surface area contributed by atoms with E-state index in [4.69, 9.17) is 25.8 Å². The lowest BCUT2D eigenvalue weighted by Gasteiger charge is -2.14. The Hall–Kier alpha value is -2.11. The van der Waals surface area contributed by atoms with E-state index in [1.807, 2.05) is 37.3 Å². The SMILES string of the molecule is COc1cc(/C=C2\N=C(c3cc(I)ccc3Cl)OC2=O)cc(I)c1OCc1ccc(C)cc1. The maximum absolute atomic E-state index is 12.4. The molecule has 0 saturated heterocycles. The molecule has 0 bridgehead atoms. The average molecular weight is 686 g/mol. The Morgan fingerprint density at radius 1 is 1.09 bits per heavy atom. The Balaban J connectivity index is 1.60.